The van der Waals surface area contributed by atoms with Gasteiger partial charge < -0.3 is 15.1 Å². The molecule has 0 radical (unpaired) electrons. The van der Waals surface area contributed by atoms with Crippen molar-refractivity contribution in [2.24, 2.45) is 4.99 Å². The molecule has 2 aromatic rings. The van der Waals surface area contributed by atoms with Crippen molar-refractivity contribution in [3.63, 3.8) is 0 Å². The highest BCUT2D eigenvalue weighted by Gasteiger charge is 2.18. The maximum atomic E-state index is 12.9. The number of allylic oxidation sites excluding steroid dienone is 1. The summed E-state index contributed by atoms with van der Waals surface area (Å²) in [4.78, 5) is 34.0. The number of nitrogens with zero attached hydrogens (tertiary/aromatic N) is 3. The van der Waals surface area contributed by atoms with Gasteiger partial charge in [-0.25, -0.2) is 4.99 Å². The van der Waals surface area contributed by atoms with Gasteiger partial charge in [0, 0.05) is 36.8 Å². The predicted molar refractivity (Wildman–Crippen MR) is 130 cm³/mol. The molecule has 6 nitrogen and oxygen atoms in total. The Morgan fingerprint density at radius 3 is 2.62 bits per heavy atom. The number of aliphatic imine (C=N–C) groups is 1. The minimum Gasteiger partial charge on any atom is -0.352 e. The molecule has 168 valence electrons. The zero-order chi connectivity index (χ0) is 23.1. The number of benzene rings is 2. The number of nitrogens with one attached hydrogen (secondary N) is 1. The second kappa shape index (κ2) is 10.9. The van der Waals surface area contributed by atoms with Gasteiger partial charge in [-0.3, -0.25) is 9.59 Å². The summed E-state index contributed by atoms with van der Waals surface area (Å²) in [6.07, 6.45) is 4.27. The molecule has 0 saturated carbocycles. The van der Waals surface area contributed by atoms with Gasteiger partial charge in [-0.1, -0.05) is 24.8 Å². The van der Waals surface area contributed by atoms with E-state index in [0.29, 0.717) is 29.9 Å². The van der Waals surface area contributed by atoms with Crippen molar-refractivity contribution in [1.29, 1.82) is 0 Å². The van der Waals surface area contributed by atoms with E-state index >= 15 is 0 Å². The van der Waals surface area contributed by atoms with E-state index in [4.69, 9.17) is 4.99 Å². The number of rotatable bonds is 8. The number of hydrogen-bond acceptors (Lipinski definition) is 4. The lowest BCUT2D eigenvalue weighted by molar-refractivity contribution is 0.0790. The SMILES string of the molecule is C=CC(=Nc1cccc2c1CCCNC2=O)c1cccc(C(=O)N(C)CCCN(C)C)c1. The molecule has 2 amide bonds. The van der Waals surface area contributed by atoms with Crippen molar-refractivity contribution in [3.05, 3.63) is 77.4 Å². The van der Waals surface area contributed by atoms with E-state index < -0.39 is 0 Å². The van der Waals surface area contributed by atoms with Crippen molar-refractivity contribution < 1.29 is 9.59 Å². The molecular weight excluding hydrogens is 400 g/mol. The van der Waals surface area contributed by atoms with Crippen LogP contribution in [0.1, 0.15) is 44.7 Å². The van der Waals surface area contributed by atoms with E-state index in [1.165, 1.54) is 0 Å². The fourth-order valence-electron chi connectivity index (χ4n) is 3.83. The van der Waals surface area contributed by atoms with Crippen LogP contribution in [-0.4, -0.2) is 68.1 Å². The lowest BCUT2D eigenvalue weighted by Gasteiger charge is -2.19. The fraction of sp³-hybridized carbons (Fsp3) is 0.346. The number of carbonyl (C=O) groups is 2. The molecule has 0 saturated heterocycles. The van der Waals surface area contributed by atoms with Gasteiger partial charge in [0.2, 0.25) is 0 Å². The third kappa shape index (κ3) is 5.71. The Hall–Kier alpha value is -3.25. The molecule has 0 atom stereocenters. The van der Waals surface area contributed by atoms with Crippen molar-refractivity contribution in [2.45, 2.75) is 19.3 Å². The first-order chi connectivity index (χ1) is 15.4. The third-order valence-electron chi connectivity index (χ3n) is 5.57. The van der Waals surface area contributed by atoms with Crippen LogP contribution in [0.4, 0.5) is 5.69 Å². The quantitative estimate of drug-likeness (QED) is 0.647. The van der Waals surface area contributed by atoms with Crippen molar-refractivity contribution in [1.82, 2.24) is 15.1 Å². The monoisotopic (exact) mass is 432 g/mol. The zero-order valence-electron chi connectivity index (χ0n) is 19.2. The fourth-order valence-corrected chi connectivity index (χ4v) is 3.83. The predicted octanol–water partition coefficient (Wildman–Crippen LogP) is 3.69. The van der Waals surface area contributed by atoms with Gasteiger partial charge in [-0.05, 0) is 75.8 Å². The van der Waals surface area contributed by atoms with E-state index in [9.17, 15) is 9.59 Å². The van der Waals surface area contributed by atoms with Crippen LogP contribution in [0.2, 0.25) is 0 Å². The first-order valence-electron chi connectivity index (χ1n) is 11.0. The Labute approximate surface area is 190 Å². The summed E-state index contributed by atoms with van der Waals surface area (Å²) in [6, 6.07) is 13.1. The van der Waals surface area contributed by atoms with Crippen LogP contribution in [-0.2, 0) is 6.42 Å². The summed E-state index contributed by atoms with van der Waals surface area (Å²) in [5, 5.41) is 2.93. The molecule has 1 N–H and O–H groups in total. The smallest absolute Gasteiger partial charge is 0.253 e. The van der Waals surface area contributed by atoms with E-state index in [-0.39, 0.29) is 11.8 Å². The van der Waals surface area contributed by atoms with Crippen LogP contribution in [0.3, 0.4) is 0 Å². The summed E-state index contributed by atoms with van der Waals surface area (Å²) in [5.74, 6) is -0.0705. The molecule has 32 heavy (non-hydrogen) atoms. The number of amides is 2. The number of fused-ring (bicyclic) bond motifs is 1. The second-order valence-electron chi connectivity index (χ2n) is 8.33. The molecule has 6 heteroatoms. The molecule has 0 fully saturated rings. The van der Waals surface area contributed by atoms with Crippen LogP contribution in [0.5, 0.6) is 0 Å². The van der Waals surface area contributed by atoms with Crippen LogP contribution >= 0.6 is 0 Å². The molecule has 0 aromatic heterocycles. The Kier molecular flexibility index (Phi) is 7.95. The molecule has 2 aromatic carbocycles. The van der Waals surface area contributed by atoms with Gasteiger partial charge >= 0.3 is 0 Å². The van der Waals surface area contributed by atoms with E-state index in [1.54, 1.807) is 11.0 Å². The van der Waals surface area contributed by atoms with Crippen LogP contribution in [0, 0.1) is 0 Å². The van der Waals surface area contributed by atoms with Gasteiger partial charge in [0.1, 0.15) is 0 Å². The van der Waals surface area contributed by atoms with Gasteiger partial charge in [0.05, 0.1) is 11.4 Å². The molecular formula is C26H32N4O2. The van der Waals surface area contributed by atoms with Crippen molar-refractivity contribution in [3.8, 4) is 0 Å². The van der Waals surface area contributed by atoms with E-state index in [2.05, 4.69) is 16.8 Å². The maximum absolute atomic E-state index is 12.9. The highest BCUT2D eigenvalue weighted by molar-refractivity contribution is 6.11. The molecule has 0 aliphatic carbocycles. The maximum Gasteiger partial charge on any atom is 0.253 e. The second-order valence-corrected chi connectivity index (χ2v) is 8.33. The summed E-state index contributed by atoms with van der Waals surface area (Å²) < 4.78 is 0. The van der Waals surface area contributed by atoms with Crippen LogP contribution in [0.25, 0.3) is 0 Å². The molecule has 0 unspecified atom stereocenters. The topological polar surface area (TPSA) is 65.0 Å². The molecule has 1 heterocycles. The van der Waals surface area contributed by atoms with E-state index in [1.807, 2.05) is 63.6 Å². The average molecular weight is 433 g/mol. The van der Waals surface area contributed by atoms with Crippen LogP contribution in [0.15, 0.2) is 60.1 Å². The summed E-state index contributed by atoms with van der Waals surface area (Å²) in [6.45, 7) is 6.23. The summed E-state index contributed by atoms with van der Waals surface area (Å²) in [5.41, 5.74) is 4.52. The van der Waals surface area contributed by atoms with Crippen LogP contribution < -0.4 is 5.32 Å². The number of hydrogen-bond donors (Lipinski definition) is 1. The van der Waals surface area contributed by atoms with E-state index in [0.717, 1.165) is 42.6 Å². The zero-order valence-corrected chi connectivity index (χ0v) is 19.2. The van der Waals surface area contributed by atoms with Gasteiger partial charge in [0.25, 0.3) is 11.8 Å². The third-order valence-corrected chi connectivity index (χ3v) is 5.57. The normalized spacial score (nSPS) is 13.9. The average Bonchev–Trinajstić information content (AvgIpc) is 2.98. The first-order valence-corrected chi connectivity index (χ1v) is 11.0. The minimum absolute atomic E-state index is 0.0146. The molecule has 3 rings (SSSR count). The van der Waals surface area contributed by atoms with Crippen molar-refractivity contribution in [2.75, 3.05) is 40.8 Å². The highest BCUT2D eigenvalue weighted by atomic mass is 16.2. The molecule has 1 aliphatic heterocycles. The summed E-state index contributed by atoms with van der Waals surface area (Å²) in [7, 11) is 5.89. The van der Waals surface area contributed by atoms with Gasteiger partial charge in [0.15, 0.2) is 0 Å². The Balaban J connectivity index is 1.87. The van der Waals surface area contributed by atoms with Gasteiger partial charge in [-0.15, -0.1) is 0 Å². The highest BCUT2D eigenvalue weighted by Crippen LogP contribution is 2.27. The largest absolute Gasteiger partial charge is 0.352 e. The summed E-state index contributed by atoms with van der Waals surface area (Å²) >= 11 is 0. The minimum atomic E-state index is -0.0559. The van der Waals surface area contributed by atoms with Gasteiger partial charge in [-0.2, -0.15) is 0 Å². The standard InChI is InChI=1S/C26H32N4O2/c1-5-23(28-24-14-7-12-22-21(24)13-8-15-27-25(22)31)19-10-6-11-20(18-19)26(32)30(4)17-9-16-29(2)3/h5-7,10-12,14,18H,1,8-9,13,15-17H2,2-4H3,(H,27,31). The molecule has 1 aliphatic rings. The lowest BCUT2D eigenvalue weighted by atomic mass is 10.0. The number of carbonyl (C=O) groups excluding carboxylic acids is 2. The Morgan fingerprint density at radius 1 is 1.12 bits per heavy atom. The first kappa shape index (κ1) is 23.4. The molecule has 0 bridgehead atoms. The lowest BCUT2D eigenvalue weighted by Crippen LogP contribution is -2.29. The Morgan fingerprint density at radius 2 is 1.88 bits per heavy atom. The van der Waals surface area contributed by atoms with Crippen molar-refractivity contribution >= 4 is 23.2 Å². The Bertz CT molecular complexity index is 1030. The molecule has 0 spiro atoms.